The van der Waals surface area contributed by atoms with E-state index < -0.39 is 21.9 Å². The summed E-state index contributed by atoms with van der Waals surface area (Å²) in [6.45, 7) is 1.83. The summed E-state index contributed by atoms with van der Waals surface area (Å²) < 4.78 is 30.0. The lowest BCUT2D eigenvalue weighted by Crippen LogP contribution is -2.19. The Morgan fingerprint density at radius 1 is 1.42 bits per heavy atom. The van der Waals surface area contributed by atoms with E-state index in [2.05, 4.69) is 4.72 Å². The summed E-state index contributed by atoms with van der Waals surface area (Å²) in [5.74, 6) is -1.69. The Balaban J connectivity index is 3.05. The molecule has 0 aromatic heterocycles. The number of nitrogens with zero attached hydrogens (tertiary/aromatic N) is 1. The summed E-state index contributed by atoms with van der Waals surface area (Å²) in [4.78, 5) is 11.6. The lowest BCUT2D eigenvalue weighted by atomic mass is 10.0. The van der Waals surface area contributed by atoms with Crippen molar-refractivity contribution < 1.29 is 17.9 Å². The Labute approximate surface area is 112 Å². The smallest absolute Gasteiger partial charge is 0.327 e. The van der Waals surface area contributed by atoms with Crippen molar-refractivity contribution >= 4 is 16.0 Å². The zero-order valence-electron chi connectivity index (χ0n) is 10.6. The van der Waals surface area contributed by atoms with Crippen LogP contribution in [0.4, 0.5) is 0 Å². The van der Waals surface area contributed by atoms with Gasteiger partial charge in [-0.15, -0.1) is 0 Å². The zero-order valence-corrected chi connectivity index (χ0v) is 11.4. The van der Waals surface area contributed by atoms with Crippen LogP contribution in [-0.4, -0.2) is 28.0 Å². The maximum atomic E-state index is 11.5. The molecule has 19 heavy (non-hydrogen) atoms. The van der Waals surface area contributed by atoms with E-state index in [0.717, 1.165) is 0 Å². The van der Waals surface area contributed by atoms with E-state index in [1.807, 2.05) is 6.07 Å². The van der Waals surface area contributed by atoms with Gasteiger partial charge in [-0.25, -0.2) is 13.1 Å². The molecule has 0 heterocycles. The fourth-order valence-corrected chi connectivity index (χ4v) is 2.18. The molecule has 1 aromatic rings. The predicted molar refractivity (Wildman–Crippen MR) is 67.7 cm³/mol. The fourth-order valence-electron chi connectivity index (χ4n) is 1.45. The highest BCUT2D eigenvalue weighted by Gasteiger charge is 2.22. The van der Waals surface area contributed by atoms with Crippen LogP contribution in [-0.2, 0) is 19.6 Å². The molecule has 6 nitrogen and oxygen atoms in total. The van der Waals surface area contributed by atoms with E-state index in [4.69, 9.17) is 10.00 Å². The highest BCUT2D eigenvalue weighted by atomic mass is 32.2. The number of carbonyl (C=O) groups is 1. The Kier molecular flexibility index (Phi) is 5.03. The van der Waals surface area contributed by atoms with Gasteiger partial charge in [-0.3, -0.25) is 4.79 Å². The van der Waals surface area contributed by atoms with Gasteiger partial charge in [0.1, 0.15) is 0 Å². The SMILES string of the molecule is CCOC(=O)C(C#N)c1ccc(S(=O)(=O)NC)cc1. The molecule has 1 unspecified atom stereocenters. The molecule has 1 rings (SSSR count). The van der Waals surface area contributed by atoms with Crippen molar-refractivity contribution in [2.24, 2.45) is 0 Å². The molecule has 0 bridgehead atoms. The van der Waals surface area contributed by atoms with Gasteiger partial charge >= 0.3 is 5.97 Å². The summed E-state index contributed by atoms with van der Waals surface area (Å²) in [7, 11) is -2.22. The van der Waals surface area contributed by atoms with E-state index in [0.29, 0.717) is 5.56 Å². The second-order valence-corrected chi connectivity index (χ2v) is 5.48. The number of carbonyl (C=O) groups excluding carboxylic acids is 1. The molecule has 1 N–H and O–H groups in total. The summed E-state index contributed by atoms with van der Waals surface area (Å²) in [6.07, 6.45) is 0. The second kappa shape index (κ2) is 6.31. The first-order chi connectivity index (χ1) is 8.96. The Hall–Kier alpha value is -1.91. The molecule has 0 radical (unpaired) electrons. The number of sulfonamides is 1. The van der Waals surface area contributed by atoms with Gasteiger partial charge in [0.05, 0.1) is 17.6 Å². The minimum Gasteiger partial charge on any atom is -0.465 e. The van der Waals surface area contributed by atoms with Crippen LogP contribution in [0.2, 0.25) is 0 Å². The molecular formula is C12H14N2O4S. The minimum atomic E-state index is -3.53. The minimum absolute atomic E-state index is 0.0688. The summed E-state index contributed by atoms with van der Waals surface area (Å²) >= 11 is 0. The molecule has 0 saturated heterocycles. The third-order valence-electron chi connectivity index (χ3n) is 2.44. The third kappa shape index (κ3) is 3.53. The predicted octanol–water partition coefficient (Wildman–Crippen LogP) is 0.765. The van der Waals surface area contributed by atoms with Crippen molar-refractivity contribution in [1.82, 2.24) is 4.72 Å². The molecule has 7 heteroatoms. The maximum absolute atomic E-state index is 11.5. The maximum Gasteiger partial charge on any atom is 0.327 e. The van der Waals surface area contributed by atoms with Crippen LogP contribution in [0, 0.1) is 11.3 Å². The molecule has 0 aliphatic heterocycles. The van der Waals surface area contributed by atoms with E-state index in [-0.39, 0.29) is 11.5 Å². The summed E-state index contributed by atoms with van der Waals surface area (Å²) in [5, 5.41) is 8.97. The molecule has 0 aliphatic carbocycles. The normalized spacial score (nSPS) is 12.5. The number of nitriles is 1. The van der Waals surface area contributed by atoms with E-state index in [9.17, 15) is 13.2 Å². The van der Waals surface area contributed by atoms with Crippen LogP contribution >= 0.6 is 0 Å². The number of rotatable bonds is 5. The first kappa shape index (κ1) is 15.1. The van der Waals surface area contributed by atoms with Gasteiger partial charge in [0, 0.05) is 0 Å². The first-order valence-electron chi connectivity index (χ1n) is 5.56. The van der Waals surface area contributed by atoms with Crippen molar-refractivity contribution in [3.8, 4) is 6.07 Å². The van der Waals surface area contributed by atoms with Gasteiger partial charge in [-0.2, -0.15) is 5.26 Å². The van der Waals surface area contributed by atoms with Gasteiger partial charge in [0.15, 0.2) is 5.92 Å². The van der Waals surface area contributed by atoms with Crippen LogP contribution in [0.1, 0.15) is 18.4 Å². The van der Waals surface area contributed by atoms with Gasteiger partial charge in [0.2, 0.25) is 10.0 Å². The van der Waals surface area contributed by atoms with Crippen LogP contribution in [0.5, 0.6) is 0 Å². The highest BCUT2D eigenvalue weighted by molar-refractivity contribution is 7.89. The van der Waals surface area contributed by atoms with E-state index >= 15 is 0 Å². The van der Waals surface area contributed by atoms with Crippen molar-refractivity contribution in [1.29, 1.82) is 5.26 Å². The average molecular weight is 282 g/mol. The lowest BCUT2D eigenvalue weighted by molar-refractivity contribution is -0.143. The van der Waals surface area contributed by atoms with Crippen LogP contribution < -0.4 is 4.72 Å². The van der Waals surface area contributed by atoms with Crippen LogP contribution in [0.3, 0.4) is 0 Å². The third-order valence-corrected chi connectivity index (χ3v) is 3.87. The molecule has 0 spiro atoms. The quantitative estimate of drug-likeness (QED) is 0.804. The van der Waals surface area contributed by atoms with Crippen LogP contribution in [0.15, 0.2) is 29.2 Å². The first-order valence-corrected chi connectivity index (χ1v) is 7.04. The van der Waals surface area contributed by atoms with E-state index in [1.165, 1.54) is 31.3 Å². The summed E-state index contributed by atoms with van der Waals surface area (Å²) in [5.41, 5.74) is 0.399. The number of hydrogen-bond donors (Lipinski definition) is 1. The van der Waals surface area contributed by atoms with Crippen molar-refractivity contribution in [3.63, 3.8) is 0 Å². The van der Waals surface area contributed by atoms with Crippen molar-refractivity contribution in [2.75, 3.05) is 13.7 Å². The molecule has 1 atom stereocenters. The van der Waals surface area contributed by atoms with Gasteiger partial charge in [-0.1, -0.05) is 12.1 Å². The number of ether oxygens (including phenoxy) is 1. The zero-order chi connectivity index (χ0) is 14.5. The molecule has 0 aliphatic rings. The van der Waals surface area contributed by atoms with E-state index in [1.54, 1.807) is 6.92 Å². The standard InChI is InChI=1S/C12H14N2O4S/c1-3-18-12(15)11(8-13)9-4-6-10(7-5-9)19(16,17)14-2/h4-7,11,14H,3H2,1-2H3. The topological polar surface area (TPSA) is 96.3 Å². The molecule has 0 saturated carbocycles. The molecule has 0 amide bonds. The van der Waals surface area contributed by atoms with Gasteiger partial charge in [-0.05, 0) is 31.7 Å². The lowest BCUT2D eigenvalue weighted by Gasteiger charge is -2.09. The largest absolute Gasteiger partial charge is 0.465 e. The average Bonchev–Trinajstić information content (AvgIpc) is 2.40. The number of hydrogen-bond acceptors (Lipinski definition) is 5. The van der Waals surface area contributed by atoms with Crippen molar-refractivity contribution in [2.45, 2.75) is 17.7 Å². The Morgan fingerprint density at radius 3 is 2.42 bits per heavy atom. The Bertz CT molecular complexity index is 587. The Morgan fingerprint density at radius 2 is 2.00 bits per heavy atom. The fraction of sp³-hybridized carbons (Fsp3) is 0.333. The van der Waals surface area contributed by atoms with Crippen molar-refractivity contribution in [3.05, 3.63) is 29.8 Å². The molecule has 1 aromatic carbocycles. The highest BCUT2D eigenvalue weighted by Crippen LogP contribution is 2.19. The monoisotopic (exact) mass is 282 g/mol. The number of nitrogens with one attached hydrogen (secondary N) is 1. The molecule has 102 valence electrons. The second-order valence-electron chi connectivity index (χ2n) is 3.59. The molecular weight excluding hydrogens is 268 g/mol. The summed E-state index contributed by atoms with van der Waals surface area (Å²) in [6, 6.07) is 7.36. The van der Waals surface area contributed by atoms with Crippen LogP contribution in [0.25, 0.3) is 0 Å². The molecule has 0 fully saturated rings. The van der Waals surface area contributed by atoms with Gasteiger partial charge < -0.3 is 4.74 Å². The van der Waals surface area contributed by atoms with Gasteiger partial charge in [0.25, 0.3) is 0 Å². The number of benzene rings is 1. The number of esters is 1.